The Morgan fingerprint density at radius 2 is 0.913 bits per heavy atom. The Labute approximate surface area is 142 Å². The van der Waals surface area contributed by atoms with Crippen molar-refractivity contribution in [2.45, 2.75) is 58.3 Å². The van der Waals surface area contributed by atoms with Gasteiger partial charge in [0.1, 0.15) is 0 Å². The molecule has 0 fully saturated rings. The molecule has 0 aliphatic rings. The van der Waals surface area contributed by atoms with E-state index in [2.05, 4.69) is 73.8 Å². The highest BCUT2D eigenvalue weighted by Gasteiger charge is 1.78. The summed E-state index contributed by atoms with van der Waals surface area (Å²) in [5.41, 5.74) is 0. The summed E-state index contributed by atoms with van der Waals surface area (Å²) in [6, 6.07) is 0. The Morgan fingerprint density at radius 3 is 1.26 bits per heavy atom. The molecule has 0 saturated heterocycles. The molecule has 125 valence electrons. The number of rotatable bonds is 14. The van der Waals surface area contributed by atoms with Gasteiger partial charge in [-0.2, -0.15) is 0 Å². The van der Waals surface area contributed by atoms with Gasteiger partial charge in [0.05, 0.1) is 0 Å². The number of carbonyl (C=O) groups excluding carboxylic acids is 1. The lowest BCUT2D eigenvalue weighted by molar-refractivity contribution is 0.552. The predicted molar refractivity (Wildman–Crippen MR) is 103 cm³/mol. The summed E-state index contributed by atoms with van der Waals surface area (Å²) >= 11 is 0. The highest BCUT2D eigenvalue weighted by Crippen LogP contribution is 1.97. The fraction of sp³-hybridized carbons (Fsp3) is 0.409. The Morgan fingerprint density at radius 1 is 0.565 bits per heavy atom. The van der Waals surface area contributed by atoms with Crippen LogP contribution in [0.4, 0.5) is 0 Å². The lowest BCUT2D eigenvalue weighted by Crippen LogP contribution is -1.69. The summed E-state index contributed by atoms with van der Waals surface area (Å²) < 4.78 is 0. The molecule has 0 atom stereocenters. The molecule has 0 unspecified atom stereocenters. The van der Waals surface area contributed by atoms with E-state index in [0.717, 1.165) is 44.9 Å². The van der Waals surface area contributed by atoms with E-state index in [1.54, 1.807) is 0 Å². The molecule has 1 heteroatoms. The summed E-state index contributed by atoms with van der Waals surface area (Å²) in [4.78, 5) is 10.00. The van der Waals surface area contributed by atoms with Gasteiger partial charge in [-0.05, 0) is 44.9 Å². The standard InChI is InChI=1S/C22H31O/c1-2-3-4-5-6-7-8-9-10-11-12-13-14-15-16-17-18-19-20-21-22-23/h3-4,6-7,9-10,12-13,15-16,18-19H,2,5,8,11,14,17,20-21H2,1H3/b4-3?,7-6?,10-9?,13-12?,16-15?,19-18-. The lowest BCUT2D eigenvalue weighted by Gasteiger charge is -1.86. The Balaban J connectivity index is 3.49. The van der Waals surface area contributed by atoms with Gasteiger partial charge in [-0.15, -0.1) is 0 Å². The topological polar surface area (TPSA) is 17.1 Å². The molecule has 0 aromatic heterocycles. The van der Waals surface area contributed by atoms with Crippen LogP contribution in [0.25, 0.3) is 0 Å². The van der Waals surface area contributed by atoms with E-state index < -0.39 is 0 Å². The maximum absolute atomic E-state index is 10.00. The maximum atomic E-state index is 10.00. The van der Waals surface area contributed by atoms with Gasteiger partial charge in [-0.25, -0.2) is 0 Å². The molecule has 0 aromatic rings. The van der Waals surface area contributed by atoms with Crippen molar-refractivity contribution in [1.29, 1.82) is 0 Å². The van der Waals surface area contributed by atoms with Crippen molar-refractivity contribution in [2.75, 3.05) is 0 Å². The van der Waals surface area contributed by atoms with Crippen molar-refractivity contribution in [3.63, 3.8) is 0 Å². The Bertz CT molecular complexity index is 419. The van der Waals surface area contributed by atoms with Gasteiger partial charge in [0, 0.05) is 6.42 Å². The maximum Gasteiger partial charge on any atom is 0.198 e. The van der Waals surface area contributed by atoms with E-state index in [1.807, 2.05) is 12.4 Å². The summed E-state index contributed by atoms with van der Waals surface area (Å²) in [7, 11) is 0. The van der Waals surface area contributed by atoms with Crippen LogP contribution in [0, 0.1) is 0 Å². The first-order chi connectivity index (χ1) is 11.4. The minimum atomic E-state index is 0.502. The summed E-state index contributed by atoms with van der Waals surface area (Å²) in [6.07, 6.45) is 35.4. The second kappa shape index (κ2) is 20.1. The zero-order chi connectivity index (χ0) is 16.8. The van der Waals surface area contributed by atoms with Crippen molar-refractivity contribution < 1.29 is 4.79 Å². The SMILES string of the molecule is CCC=CCC=CCC=CCC=CCC=CC/C=C\CC[C]=O. The molecule has 0 N–H and O–H groups in total. The van der Waals surface area contributed by atoms with Crippen LogP contribution in [-0.4, -0.2) is 6.29 Å². The monoisotopic (exact) mass is 311 g/mol. The van der Waals surface area contributed by atoms with Crippen molar-refractivity contribution in [3.05, 3.63) is 72.9 Å². The van der Waals surface area contributed by atoms with Gasteiger partial charge < -0.3 is 0 Å². The number of hydrogen-bond acceptors (Lipinski definition) is 1. The third kappa shape index (κ3) is 20.1. The van der Waals surface area contributed by atoms with Crippen LogP contribution in [-0.2, 0) is 4.79 Å². The molecule has 0 aliphatic heterocycles. The number of allylic oxidation sites excluding steroid dienone is 12. The van der Waals surface area contributed by atoms with E-state index in [-0.39, 0.29) is 0 Å². The van der Waals surface area contributed by atoms with Crippen LogP contribution in [0.1, 0.15) is 58.3 Å². The normalized spacial score (nSPS) is 13.1. The summed E-state index contributed by atoms with van der Waals surface area (Å²) in [5, 5.41) is 0. The van der Waals surface area contributed by atoms with E-state index in [4.69, 9.17) is 0 Å². The van der Waals surface area contributed by atoms with Crippen LogP contribution in [0.2, 0.25) is 0 Å². The minimum absolute atomic E-state index is 0.502. The second-order valence-electron chi connectivity index (χ2n) is 5.10. The van der Waals surface area contributed by atoms with Crippen LogP contribution in [0.5, 0.6) is 0 Å². The van der Waals surface area contributed by atoms with Gasteiger partial charge >= 0.3 is 0 Å². The van der Waals surface area contributed by atoms with E-state index in [0.29, 0.717) is 6.42 Å². The highest BCUT2D eigenvalue weighted by atomic mass is 16.1. The van der Waals surface area contributed by atoms with E-state index >= 15 is 0 Å². The van der Waals surface area contributed by atoms with Gasteiger partial charge in [0.25, 0.3) is 0 Å². The van der Waals surface area contributed by atoms with Gasteiger partial charge in [0.15, 0.2) is 6.29 Å². The molecular formula is C22H31O. The molecule has 0 heterocycles. The third-order valence-corrected chi connectivity index (χ3v) is 3.01. The number of unbranched alkanes of at least 4 members (excludes halogenated alkanes) is 1. The quantitative estimate of drug-likeness (QED) is 0.262. The molecule has 0 amide bonds. The number of hydrogen-bond donors (Lipinski definition) is 0. The van der Waals surface area contributed by atoms with Crippen molar-refractivity contribution >= 4 is 6.29 Å². The lowest BCUT2D eigenvalue weighted by atomic mass is 10.2. The van der Waals surface area contributed by atoms with Crippen molar-refractivity contribution in [3.8, 4) is 0 Å². The van der Waals surface area contributed by atoms with Gasteiger partial charge in [-0.3, -0.25) is 4.79 Å². The first-order valence-corrected chi connectivity index (χ1v) is 8.66. The molecule has 0 aromatic carbocycles. The average Bonchev–Trinajstić information content (AvgIpc) is 2.57. The predicted octanol–water partition coefficient (Wildman–Crippen LogP) is 6.57. The molecule has 0 saturated carbocycles. The first kappa shape index (κ1) is 21.1. The first-order valence-electron chi connectivity index (χ1n) is 8.66. The van der Waals surface area contributed by atoms with Crippen molar-refractivity contribution in [2.24, 2.45) is 0 Å². The molecule has 0 spiro atoms. The molecule has 0 aliphatic carbocycles. The molecule has 0 bridgehead atoms. The van der Waals surface area contributed by atoms with Crippen LogP contribution >= 0.6 is 0 Å². The minimum Gasteiger partial charge on any atom is -0.291 e. The fourth-order valence-corrected chi connectivity index (χ4v) is 1.78. The molecule has 1 nitrogen and oxygen atoms in total. The Hall–Kier alpha value is -1.89. The van der Waals surface area contributed by atoms with E-state index in [1.165, 1.54) is 0 Å². The molecular weight excluding hydrogens is 280 g/mol. The zero-order valence-corrected chi connectivity index (χ0v) is 14.5. The summed E-state index contributed by atoms with van der Waals surface area (Å²) in [6.45, 7) is 2.15. The Kier molecular flexibility index (Phi) is 18.5. The van der Waals surface area contributed by atoms with Crippen LogP contribution in [0.15, 0.2) is 72.9 Å². The average molecular weight is 311 g/mol. The van der Waals surface area contributed by atoms with Gasteiger partial charge in [0.2, 0.25) is 0 Å². The molecule has 23 heavy (non-hydrogen) atoms. The summed E-state index contributed by atoms with van der Waals surface area (Å²) in [5.74, 6) is 0. The van der Waals surface area contributed by atoms with Crippen molar-refractivity contribution in [1.82, 2.24) is 0 Å². The molecule has 1 radical (unpaired) electrons. The highest BCUT2D eigenvalue weighted by molar-refractivity contribution is 5.50. The van der Waals surface area contributed by atoms with Crippen LogP contribution < -0.4 is 0 Å². The third-order valence-electron chi connectivity index (χ3n) is 3.01. The zero-order valence-electron chi connectivity index (χ0n) is 14.5. The second-order valence-corrected chi connectivity index (χ2v) is 5.10. The van der Waals surface area contributed by atoms with E-state index in [9.17, 15) is 4.79 Å². The fourth-order valence-electron chi connectivity index (χ4n) is 1.78. The van der Waals surface area contributed by atoms with Gasteiger partial charge in [-0.1, -0.05) is 79.8 Å². The smallest absolute Gasteiger partial charge is 0.198 e. The molecule has 0 rings (SSSR count). The van der Waals surface area contributed by atoms with Crippen LogP contribution in [0.3, 0.4) is 0 Å². The largest absolute Gasteiger partial charge is 0.291 e.